The highest BCUT2D eigenvalue weighted by molar-refractivity contribution is 6.35. The Balaban J connectivity index is 1.96. The van der Waals surface area contributed by atoms with Crippen molar-refractivity contribution in [3.63, 3.8) is 0 Å². The summed E-state index contributed by atoms with van der Waals surface area (Å²) in [4.78, 5) is 40.1. The maximum atomic E-state index is 12.0. The second-order valence-electron chi connectivity index (χ2n) is 5.15. The molecule has 0 spiro atoms. The van der Waals surface area contributed by atoms with Crippen LogP contribution in [0, 0.1) is 0 Å². The van der Waals surface area contributed by atoms with Crippen LogP contribution >= 0.6 is 0 Å². The van der Waals surface area contributed by atoms with Gasteiger partial charge in [-0.25, -0.2) is 0 Å². The number of carbonyl (C=O) groups excluding carboxylic acids is 3. The molecular weight excluding hydrogens is 248 g/mol. The van der Waals surface area contributed by atoms with Gasteiger partial charge in [-0.15, -0.1) is 0 Å². The van der Waals surface area contributed by atoms with Crippen LogP contribution in [0.5, 0.6) is 0 Å². The molecule has 19 heavy (non-hydrogen) atoms. The lowest BCUT2D eigenvalue weighted by Crippen LogP contribution is -2.65. The molecule has 2 rings (SSSR count). The first-order valence-corrected chi connectivity index (χ1v) is 6.51. The van der Waals surface area contributed by atoms with Crippen LogP contribution in [0.25, 0.3) is 0 Å². The van der Waals surface area contributed by atoms with Crippen molar-refractivity contribution in [1.82, 2.24) is 20.0 Å². The molecule has 106 valence electrons. The number of piperazine rings is 2. The number of carbonyl (C=O) groups is 3. The van der Waals surface area contributed by atoms with Crippen molar-refractivity contribution in [2.24, 2.45) is 0 Å². The molecule has 7 heteroatoms. The van der Waals surface area contributed by atoms with Crippen LogP contribution in [0.3, 0.4) is 0 Å². The number of nitrogens with zero attached hydrogens (tertiary/aromatic N) is 3. The van der Waals surface area contributed by atoms with Gasteiger partial charge in [0.05, 0.1) is 6.04 Å². The van der Waals surface area contributed by atoms with E-state index in [2.05, 4.69) is 5.32 Å². The van der Waals surface area contributed by atoms with Gasteiger partial charge in [0.2, 0.25) is 5.91 Å². The van der Waals surface area contributed by atoms with Gasteiger partial charge in [0, 0.05) is 53.2 Å². The Morgan fingerprint density at radius 2 is 2.11 bits per heavy atom. The summed E-state index contributed by atoms with van der Waals surface area (Å²) in [5.74, 6) is -0.954. The summed E-state index contributed by atoms with van der Waals surface area (Å²) in [5, 5.41) is 3.22. The molecule has 0 bridgehead atoms. The molecule has 2 aliphatic rings. The zero-order valence-electron chi connectivity index (χ0n) is 11.4. The SMILES string of the molecule is CN(C)C(=O)CCN1CC2CNCCN2C(=O)C1=O. The Morgan fingerprint density at radius 1 is 1.37 bits per heavy atom. The molecule has 2 heterocycles. The molecule has 0 aromatic rings. The van der Waals surface area contributed by atoms with Gasteiger partial charge in [-0.1, -0.05) is 0 Å². The molecule has 0 aromatic carbocycles. The third-order valence-corrected chi connectivity index (χ3v) is 3.61. The summed E-state index contributed by atoms with van der Waals surface area (Å²) >= 11 is 0. The predicted octanol–water partition coefficient (Wildman–Crippen LogP) is -1.89. The first-order valence-electron chi connectivity index (χ1n) is 6.51. The Morgan fingerprint density at radius 3 is 2.79 bits per heavy atom. The minimum atomic E-state index is -0.482. The quantitative estimate of drug-likeness (QED) is 0.607. The van der Waals surface area contributed by atoms with Crippen LogP contribution in [-0.4, -0.2) is 85.3 Å². The Kier molecular flexibility index (Phi) is 4.04. The lowest BCUT2D eigenvalue weighted by molar-refractivity contribution is -0.160. The van der Waals surface area contributed by atoms with E-state index in [1.165, 1.54) is 9.80 Å². The van der Waals surface area contributed by atoms with Crippen molar-refractivity contribution in [2.75, 3.05) is 46.8 Å². The second kappa shape index (κ2) is 5.56. The van der Waals surface area contributed by atoms with Crippen molar-refractivity contribution in [3.05, 3.63) is 0 Å². The first kappa shape index (κ1) is 13.8. The number of amides is 3. The van der Waals surface area contributed by atoms with Crippen molar-refractivity contribution in [3.8, 4) is 0 Å². The monoisotopic (exact) mass is 268 g/mol. The number of hydrogen-bond donors (Lipinski definition) is 1. The third kappa shape index (κ3) is 2.86. The average Bonchev–Trinajstić information content (AvgIpc) is 2.40. The Labute approximate surface area is 112 Å². The van der Waals surface area contributed by atoms with Crippen LogP contribution in [0.2, 0.25) is 0 Å². The smallest absolute Gasteiger partial charge is 0.312 e. The summed E-state index contributed by atoms with van der Waals surface area (Å²) in [5.41, 5.74) is 0. The molecule has 1 unspecified atom stereocenters. The Hall–Kier alpha value is -1.63. The summed E-state index contributed by atoms with van der Waals surface area (Å²) in [6.07, 6.45) is 0.256. The maximum absolute atomic E-state index is 12.0. The van der Waals surface area contributed by atoms with E-state index in [1.807, 2.05) is 0 Å². The van der Waals surface area contributed by atoms with Crippen LogP contribution in [0.1, 0.15) is 6.42 Å². The van der Waals surface area contributed by atoms with E-state index >= 15 is 0 Å². The second-order valence-corrected chi connectivity index (χ2v) is 5.15. The summed E-state index contributed by atoms with van der Waals surface area (Å²) in [6, 6.07) is 0.0356. The van der Waals surface area contributed by atoms with E-state index in [0.717, 1.165) is 6.54 Å². The highest BCUT2D eigenvalue weighted by atomic mass is 16.2. The zero-order chi connectivity index (χ0) is 14.0. The third-order valence-electron chi connectivity index (χ3n) is 3.61. The predicted molar refractivity (Wildman–Crippen MR) is 68.3 cm³/mol. The molecule has 2 aliphatic heterocycles. The van der Waals surface area contributed by atoms with Crippen molar-refractivity contribution < 1.29 is 14.4 Å². The van der Waals surface area contributed by atoms with Gasteiger partial charge in [-0.3, -0.25) is 14.4 Å². The highest BCUT2D eigenvalue weighted by Gasteiger charge is 2.39. The Bertz CT molecular complexity index is 396. The van der Waals surface area contributed by atoms with Gasteiger partial charge in [-0.05, 0) is 0 Å². The van der Waals surface area contributed by atoms with Crippen LogP contribution in [0.15, 0.2) is 0 Å². The molecule has 7 nitrogen and oxygen atoms in total. The fourth-order valence-corrected chi connectivity index (χ4v) is 2.43. The van der Waals surface area contributed by atoms with Gasteiger partial charge < -0.3 is 20.0 Å². The molecular formula is C12H20N4O3. The molecule has 1 atom stereocenters. The van der Waals surface area contributed by atoms with Crippen LogP contribution in [-0.2, 0) is 14.4 Å². The van der Waals surface area contributed by atoms with Gasteiger partial charge >= 0.3 is 11.8 Å². The number of fused-ring (bicyclic) bond motifs is 1. The fourth-order valence-electron chi connectivity index (χ4n) is 2.43. The lowest BCUT2D eigenvalue weighted by atomic mass is 10.1. The van der Waals surface area contributed by atoms with E-state index < -0.39 is 11.8 Å². The summed E-state index contributed by atoms with van der Waals surface area (Å²) < 4.78 is 0. The van der Waals surface area contributed by atoms with Crippen molar-refractivity contribution in [1.29, 1.82) is 0 Å². The summed E-state index contributed by atoms with van der Waals surface area (Å²) in [6.45, 7) is 2.84. The minimum Gasteiger partial charge on any atom is -0.349 e. The molecule has 2 fully saturated rings. The normalized spacial score (nSPS) is 23.4. The molecule has 0 saturated carbocycles. The van der Waals surface area contributed by atoms with Crippen LogP contribution in [0.4, 0.5) is 0 Å². The van der Waals surface area contributed by atoms with Gasteiger partial charge in [0.15, 0.2) is 0 Å². The molecule has 0 aromatic heterocycles. The van der Waals surface area contributed by atoms with E-state index in [1.54, 1.807) is 19.0 Å². The van der Waals surface area contributed by atoms with Gasteiger partial charge in [-0.2, -0.15) is 0 Å². The van der Waals surface area contributed by atoms with E-state index in [9.17, 15) is 14.4 Å². The minimum absolute atomic E-state index is 0.0356. The van der Waals surface area contributed by atoms with Crippen molar-refractivity contribution in [2.45, 2.75) is 12.5 Å². The van der Waals surface area contributed by atoms with Gasteiger partial charge in [0.25, 0.3) is 0 Å². The van der Waals surface area contributed by atoms with Crippen molar-refractivity contribution >= 4 is 17.7 Å². The maximum Gasteiger partial charge on any atom is 0.312 e. The summed E-state index contributed by atoms with van der Waals surface area (Å²) in [7, 11) is 3.36. The number of rotatable bonds is 3. The van der Waals surface area contributed by atoms with Gasteiger partial charge in [0.1, 0.15) is 0 Å². The molecule has 2 saturated heterocycles. The lowest BCUT2D eigenvalue weighted by Gasteiger charge is -2.43. The molecule has 1 N–H and O–H groups in total. The average molecular weight is 268 g/mol. The molecule has 3 amide bonds. The molecule has 0 radical (unpaired) electrons. The highest BCUT2D eigenvalue weighted by Crippen LogP contribution is 2.14. The standard InChI is InChI=1S/C12H20N4O3/c1-14(2)10(17)3-5-15-8-9-7-13-4-6-16(9)12(19)11(15)18/h9,13H,3-8H2,1-2H3. The van der Waals surface area contributed by atoms with E-state index in [0.29, 0.717) is 26.2 Å². The zero-order valence-corrected chi connectivity index (χ0v) is 11.4. The molecule has 0 aliphatic carbocycles. The topological polar surface area (TPSA) is 73.0 Å². The van der Waals surface area contributed by atoms with E-state index in [-0.39, 0.29) is 18.4 Å². The fraction of sp³-hybridized carbons (Fsp3) is 0.750. The largest absolute Gasteiger partial charge is 0.349 e. The first-order chi connectivity index (χ1) is 9.00. The van der Waals surface area contributed by atoms with Crippen LogP contribution < -0.4 is 5.32 Å². The number of hydrogen-bond acceptors (Lipinski definition) is 4. The number of nitrogens with one attached hydrogen (secondary N) is 1. The van der Waals surface area contributed by atoms with E-state index in [4.69, 9.17) is 0 Å².